The van der Waals surface area contributed by atoms with Crippen molar-refractivity contribution in [2.75, 3.05) is 0 Å². The molecule has 0 aliphatic heterocycles. The number of hydrogen-bond donors (Lipinski definition) is 0. The van der Waals surface area contributed by atoms with E-state index in [0.717, 1.165) is 25.9 Å². The molecule has 2 heteroatoms. The summed E-state index contributed by atoms with van der Waals surface area (Å²) in [5.41, 5.74) is 2.18. The van der Waals surface area contributed by atoms with Crippen LogP contribution in [0.5, 0.6) is 0 Å². The van der Waals surface area contributed by atoms with Crippen LogP contribution in [0, 0.1) is 20.6 Å². The van der Waals surface area contributed by atoms with Crippen molar-refractivity contribution in [3.05, 3.63) is 65.4 Å². The van der Waals surface area contributed by atoms with Gasteiger partial charge in [-0.2, -0.15) is 4.57 Å². The van der Waals surface area contributed by atoms with E-state index in [2.05, 4.69) is 12.1 Å². The zero-order valence-electron chi connectivity index (χ0n) is 19.0. The van der Waals surface area contributed by atoms with Crippen molar-refractivity contribution in [1.82, 2.24) is 0 Å². The highest BCUT2D eigenvalue weighted by Crippen LogP contribution is 2.39. The van der Waals surface area contributed by atoms with Gasteiger partial charge in [0.15, 0.2) is 6.20 Å². The molecule has 0 aliphatic carbocycles. The second kappa shape index (κ2) is 5.17. The van der Waals surface area contributed by atoms with E-state index in [0.29, 0.717) is 11.1 Å². The molecule has 0 unspecified atom stereocenters. The van der Waals surface area contributed by atoms with Gasteiger partial charge in [-0.05, 0) is 43.9 Å². The third-order valence-corrected chi connectivity index (χ3v) is 5.52. The molecule has 0 saturated carbocycles. The van der Waals surface area contributed by atoms with Gasteiger partial charge in [0.25, 0.3) is 0 Å². The summed E-state index contributed by atoms with van der Waals surface area (Å²) in [4.78, 5) is 0. The SMILES string of the molecule is [2H]C([2H])([2H])c1cc(-c2c3sc4ccccc4c3cc[n+]2C)c(C)c(C([2H])([2H])[2H])c1. The van der Waals surface area contributed by atoms with Crippen LogP contribution in [0.1, 0.15) is 24.9 Å². The second-order valence-corrected chi connectivity index (χ2v) is 6.86. The minimum Gasteiger partial charge on any atom is -0.200 e. The molecule has 114 valence electrons. The van der Waals surface area contributed by atoms with E-state index in [4.69, 9.17) is 8.22 Å². The number of nitrogens with zero attached hydrogens (tertiary/aromatic N) is 1. The maximum Gasteiger partial charge on any atom is 0.230 e. The summed E-state index contributed by atoms with van der Waals surface area (Å²) in [6.45, 7) is -3.03. The lowest BCUT2D eigenvalue weighted by atomic mass is 9.96. The first-order valence-electron chi connectivity index (χ1n) is 10.4. The minimum absolute atomic E-state index is 0.0438. The number of aryl methyl sites for hydroxylation is 3. The monoisotopic (exact) mass is 324 g/mol. The molecule has 0 N–H and O–H groups in total. The van der Waals surface area contributed by atoms with E-state index in [1.807, 2.05) is 36.0 Å². The van der Waals surface area contributed by atoms with Gasteiger partial charge in [-0.1, -0.05) is 29.8 Å². The van der Waals surface area contributed by atoms with Crippen LogP contribution in [0.3, 0.4) is 0 Å². The van der Waals surface area contributed by atoms with Crippen molar-refractivity contribution in [3.8, 4) is 11.3 Å². The van der Waals surface area contributed by atoms with Crippen LogP contribution in [-0.4, -0.2) is 0 Å². The number of fused-ring (bicyclic) bond motifs is 3. The fourth-order valence-corrected chi connectivity index (χ4v) is 4.39. The van der Waals surface area contributed by atoms with E-state index in [1.54, 1.807) is 24.3 Å². The zero-order chi connectivity index (χ0) is 21.1. The van der Waals surface area contributed by atoms with Crippen LogP contribution in [0.4, 0.5) is 0 Å². The standard InChI is InChI=1S/C21H20NS/c1-13-11-14(2)15(3)18(12-13)20-21-17(9-10-22(20)4)16-7-5-6-8-19(16)23-21/h5-12H,1-4H3/q+1/i1D3,2D3. The van der Waals surface area contributed by atoms with Crippen molar-refractivity contribution in [1.29, 1.82) is 0 Å². The Morgan fingerprint density at radius 1 is 1.04 bits per heavy atom. The molecule has 0 spiro atoms. The molecular formula is C21H20NS+. The van der Waals surface area contributed by atoms with E-state index >= 15 is 0 Å². The molecule has 2 heterocycles. The van der Waals surface area contributed by atoms with Crippen LogP contribution in [0.25, 0.3) is 31.4 Å². The van der Waals surface area contributed by atoms with Gasteiger partial charge in [-0.3, -0.25) is 0 Å². The van der Waals surface area contributed by atoms with Gasteiger partial charge >= 0.3 is 0 Å². The molecule has 0 saturated heterocycles. The molecule has 0 fully saturated rings. The fraction of sp³-hybridized carbons (Fsp3) is 0.190. The number of thiophene rings is 1. The lowest BCUT2D eigenvalue weighted by Crippen LogP contribution is -2.30. The summed E-state index contributed by atoms with van der Waals surface area (Å²) in [7, 11) is 1.90. The number of aromatic nitrogens is 1. The average molecular weight is 325 g/mol. The molecule has 23 heavy (non-hydrogen) atoms. The van der Waals surface area contributed by atoms with Gasteiger partial charge in [0.1, 0.15) is 11.7 Å². The quantitative estimate of drug-likeness (QED) is 0.409. The van der Waals surface area contributed by atoms with E-state index in [-0.39, 0.29) is 11.1 Å². The van der Waals surface area contributed by atoms with Crippen molar-refractivity contribution in [3.63, 3.8) is 0 Å². The molecule has 0 bridgehead atoms. The lowest BCUT2D eigenvalue weighted by molar-refractivity contribution is -0.659. The maximum atomic E-state index is 7.92. The number of rotatable bonds is 1. The molecule has 1 nitrogen and oxygen atoms in total. The Bertz CT molecular complexity index is 1250. The minimum atomic E-state index is -2.40. The van der Waals surface area contributed by atoms with Gasteiger partial charge in [-0.25, -0.2) is 0 Å². The van der Waals surface area contributed by atoms with E-state index < -0.39 is 13.7 Å². The van der Waals surface area contributed by atoms with Gasteiger partial charge in [-0.15, -0.1) is 11.3 Å². The number of benzene rings is 2. The van der Waals surface area contributed by atoms with Crippen LogP contribution in [0.15, 0.2) is 48.7 Å². The van der Waals surface area contributed by atoms with Crippen molar-refractivity contribution < 1.29 is 12.8 Å². The molecule has 0 atom stereocenters. The lowest BCUT2D eigenvalue weighted by Gasteiger charge is -2.10. The van der Waals surface area contributed by atoms with Gasteiger partial charge in [0, 0.05) is 29.8 Å². The zero-order valence-corrected chi connectivity index (χ0v) is 13.8. The molecule has 4 aromatic rings. The molecule has 2 aromatic carbocycles. The number of pyridine rings is 1. The Morgan fingerprint density at radius 2 is 1.91 bits per heavy atom. The predicted octanol–water partition coefficient (Wildman–Crippen LogP) is 5.47. The predicted molar refractivity (Wildman–Crippen MR) is 100 cm³/mol. The normalized spacial score (nSPS) is 16.4. The molecule has 0 amide bonds. The Kier molecular flexibility index (Phi) is 2.07. The van der Waals surface area contributed by atoms with E-state index in [1.165, 1.54) is 6.07 Å². The molecular weight excluding hydrogens is 298 g/mol. The van der Waals surface area contributed by atoms with Crippen LogP contribution in [0.2, 0.25) is 0 Å². The highest BCUT2D eigenvalue weighted by molar-refractivity contribution is 7.26. The Balaban J connectivity index is 2.14. The van der Waals surface area contributed by atoms with Crippen LogP contribution >= 0.6 is 11.3 Å². The summed E-state index contributed by atoms with van der Waals surface area (Å²) < 4.78 is 51.4. The molecule has 0 aliphatic rings. The van der Waals surface area contributed by atoms with Crippen molar-refractivity contribution >= 4 is 31.5 Å². The average Bonchev–Trinajstić information content (AvgIpc) is 2.99. The smallest absolute Gasteiger partial charge is 0.200 e. The third kappa shape index (κ3) is 2.17. The van der Waals surface area contributed by atoms with Crippen molar-refractivity contribution in [2.45, 2.75) is 20.6 Å². The summed E-state index contributed by atoms with van der Waals surface area (Å²) >= 11 is 1.63. The van der Waals surface area contributed by atoms with E-state index in [9.17, 15) is 0 Å². The number of hydrogen-bond acceptors (Lipinski definition) is 1. The Hall–Kier alpha value is -2.19. The van der Waals surface area contributed by atoms with Crippen molar-refractivity contribution in [2.24, 2.45) is 7.05 Å². The Morgan fingerprint density at radius 3 is 2.74 bits per heavy atom. The summed E-state index contributed by atoms with van der Waals surface area (Å²) in [5, 5.41) is 2.21. The summed E-state index contributed by atoms with van der Waals surface area (Å²) in [5.74, 6) is 0. The van der Waals surface area contributed by atoms with Gasteiger partial charge in [0.2, 0.25) is 5.69 Å². The van der Waals surface area contributed by atoms with Gasteiger partial charge < -0.3 is 0 Å². The third-order valence-electron chi connectivity index (χ3n) is 4.33. The summed E-state index contributed by atoms with van der Waals surface area (Å²) in [6.07, 6.45) is 1.94. The second-order valence-electron chi connectivity index (χ2n) is 5.81. The van der Waals surface area contributed by atoms with Crippen LogP contribution in [-0.2, 0) is 7.05 Å². The maximum absolute atomic E-state index is 7.92. The highest BCUT2D eigenvalue weighted by Gasteiger charge is 2.21. The molecule has 4 rings (SSSR count). The fourth-order valence-electron chi connectivity index (χ4n) is 3.10. The first kappa shape index (κ1) is 9.19. The first-order valence-corrected chi connectivity index (χ1v) is 8.26. The van der Waals surface area contributed by atoms with Gasteiger partial charge in [0.05, 0.1) is 5.56 Å². The molecule has 0 radical (unpaired) electrons. The summed E-state index contributed by atoms with van der Waals surface area (Å²) in [6, 6.07) is 13.1. The Labute approximate surface area is 149 Å². The first-order chi connectivity index (χ1) is 13.5. The topological polar surface area (TPSA) is 3.88 Å². The van der Waals surface area contributed by atoms with Crippen LogP contribution < -0.4 is 4.57 Å². The largest absolute Gasteiger partial charge is 0.230 e. The molecule has 2 aromatic heterocycles. The highest BCUT2D eigenvalue weighted by atomic mass is 32.1.